The van der Waals surface area contributed by atoms with Gasteiger partial charge in [-0.15, -0.1) is 10.2 Å². The Bertz CT molecular complexity index is 1050. The number of hydrogen-bond donors (Lipinski definition) is 1. The molecule has 5 nitrogen and oxygen atoms in total. The lowest BCUT2D eigenvalue weighted by atomic mass is 10.0. The molecule has 7 heteroatoms. The smallest absolute Gasteiger partial charge is 0.151 e. The van der Waals surface area contributed by atoms with Crippen LogP contribution in [0.3, 0.4) is 0 Å². The zero-order valence-corrected chi connectivity index (χ0v) is 20.1. The highest BCUT2D eigenvalue weighted by Gasteiger charge is 2.27. The summed E-state index contributed by atoms with van der Waals surface area (Å²) in [7, 11) is 0. The quantitative estimate of drug-likeness (QED) is 0.518. The van der Waals surface area contributed by atoms with Crippen molar-refractivity contribution < 1.29 is 0 Å². The lowest BCUT2D eigenvalue weighted by molar-refractivity contribution is 0.306. The van der Waals surface area contributed by atoms with Crippen LogP contribution in [0.25, 0.3) is 11.3 Å². The molecule has 2 saturated heterocycles. The molecule has 1 unspecified atom stereocenters. The van der Waals surface area contributed by atoms with Crippen LogP contribution in [0.4, 0.5) is 5.82 Å². The van der Waals surface area contributed by atoms with E-state index in [2.05, 4.69) is 61.7 Å². The maximum Gasteiger partial charge on any atom is 0.151 e. The van der Waals surface area contributed by atoms with Crippen LogP contribution in [0, 0.1) is 0 Å². The summed E-state index contributed by atoms with van der Waals surface area (Å²) in [5.41, 5.74) is 3.12. The van der Waals surface area contributed by atoms with Gasteiger partial charge in [0.15, 0.2) is 5.82 Å². The van der Waals surface area contributed by atoms with E-state index in [9.17, 15) is 0 Å². The first-order valence-corrected chi connectivity index (χ1v) is 12.5. The molecule has 0 amide bonds. The lowest BCUT2D eigenvalue weighted by Gasteiger charge is -2.34. The van der Waals surface area contributed by atoms with Gasteiger partial charge in [-0.3, -0.25) is 4.90 Å². The van der Waals surface area contributed by atoms with Crippen molar-refractivity contribution >= 4 is 29.0 Å². The number of halogens is 2. The topological polar surface area (TPSA) is 44.3 Å². The number of likely N-dealkylation sites (tertiary alicyclic amines) is 1. The molecule has 1 atom stereocenters. The van der Waals surface area contributed by atoms with Gasteiger partial charge in [0.1, 0.15) is 0 Å². The van der Waals surface area contributed by atoms with E-state index in [0.717, 1.165) is 56.1 Å². The molecule has 33 heavy (non-hydrogen) atoms. The number of hydrogen-bond acceptors (Lipinski definition) is 5. The Hall–Kier alpha value is -2.18. The molecule has 1 aromatic heterocycles. The molecule has 5 rings (SSSR count). The van der Waals surface area contributed by atoms with Crippen molar-refractivity contribution in [3.8, 4) is 11.3 Å². The highest BCUT2D eigenvalue weighted by Crippen LogP contribution is 2.28. The minimum absolute atomic E-state index is 0.528. The Morgan fingerprint density at radius 3 is 2.33 bits per heavy atom. The zero-order valence-electron chi connectivity index (χ0n) is 18.6. The van der Waals surface area contributed by atoms with Gasteiger partial charge >= 0.3 is 0 Å². The summed E-state index contributed by atoms with van der Waals surface area (Å²) in [4.78, 5) is 4.90. The molecule has 2 aliphatic rings. The number of benzene rings is 2. The van der Waals surface area contributed by atoms with Gasteiger partial charge in [-0.1, -0.05) is 59.6 Å². The van der Waals surface area contributed by atoms with Gasteiger partial charge in [-0.25, -0.2) is 0 Å². The van der Waals surface area contributed by atoms with Crippen molar-refractivity contribution in [1.82, 2.24) is 20.4 Å². The molecule has 172 valence electrons. The van der Waals surface area contributed by atoms with Gasteiger partial charge in [-0.2, -0.15) is 0 Å². The predicted molar refractivity (Wildman–Crippen MR) is 136 cm³/mol. The first-order valence-electron chi connectivity index (χ1n) is 11.7. The van der Waals surface area contributed by atoms with Crippen molar-refractivity contribution in [2.75, 3.05) is 31.1 Å². The number of piperidine rings is 1. The third-order valence-electron chi connectivity index (χ3n) is 6.68. The van der Waals surface area contributed by atoms with E-state index in [-0.39, 0.29) is 0 Å². The summed E-state index contributed by atoms with van der Waals surface area (Å²) in [6, 6.07) is 21.5. The average Bonchev–Trinajstić information content (AvgIpc) is 3.29. The highest BCUT2D eigenvalue weighted by atomic mass is 35.5. The number of aromatic nitrogens is 2. The summed E-state index contributed by atoms with van der Waals surface area (Å²) in [6.07, 6.45) is 3.49. The van der Waals surface area contributed by atoms with Gasteiger partial charge < -0.3 is 10.2 Å². The molecule has 0 aliphatic carbocycles. The normalized spacial score (nSPS) is 19.8. The molecule has 3 heterocycles. The molecule has 1 N–H and O–H groups in total. The van der Waals surface area contributed by atoms with E-state index in [4.69, 9.17) is 23.2 Å². The van der Waals surface area contributed by atoms with E-state index in [1.807, 2.05) is 18.2 Å². The molecule has 2 aromatic carbocycles. The fourth-order valence-corrected chi connectivity index (χ4v) is 5.16. The SMILES string of the molecule is Clc1ccc(-c2ccc(N3CCC(NC4CCN(Cc5ccccc5)C4)CC3)nn2)cc1Cl. The number of nitrogens with zero attached hydrogens (tertiary/aromatic N) is 4. The van der Waals surface area contributed by atoms with Crippen LogP contribution in [0.2, 0.25) is 10.0 Å². The van der Waals surface area contributed by atoms with Gasteiger partial charge in [0.05, 0.1) is 15.7 Å². The minimum atomic E-state index is 0.528. The predicted octanol–water partition coefficient (Wildman–Crippen LogP) is 5.28. The van der Waals surface area contributed by atoms with Crippen molar-refractivity contribution in [3.05, 3.63) is 76.3 Å². The van der Waals surface area contributed by atoms with Crippen LogP contribution in [0.15, 0.2) is 60.7 Å². The van der Waals surface area contributed by atoms with E-state index in [0.29, 0.717) is 22.1 Å². The van der Waals surface area contributed by atoms with Crippen molar-refractivity contribution in [2.24, 2.45) is 0 Å². The Labute approximate surface area is 205 Å². The highest BCUT2D eigenvalue weighted by molar-refractivity contribution is 6.42. The van der Waals surface area contributed by atoms with Gasteiger partial charge in [-0.05, 0) is 49.1 Å². The summed E-state index contributed by atoms with van der Waals surface area (Å²) < 4.78 is 0. The number of rotatable bonds is 6. The first-order chi connectivity index (χ1) is 16.1. The largest absolute Gasteiger partial charge is 0.355 e. The van der Waals surface area contributed by atoms with Gasteiger partial charge in [0, 0.05) is 50.4 Å². The maximum atomic E-state index is 6.14. The van der Waals surface area contributed by atoms with Crippen LogP contribution in [0.5, 0.6) is 0 Å². The Balaban J connectivity index is 1.10. The van der Waals surface area contributed by atoms with Crippen LogP contribution in [0.1, 0.15) is 24.8 Å². The number of nitrogens with one attached hydrogen (secondary N) is 1. The minimum Gasteiger partial charge on any atom is -0.355 e. The molecular formula is C26H29Cl2N5. The van der Waals surface area contributed by atoms with E-state index in [1.165, 1.54) is 18.5 Å². The second kappa shape index (κ2) is 10.4. The van der Waals surface area contributed by atoms with E-state index < -0.39 is 0 Å². The van der Waals surface area contributed by atoms with Gasteiger partial charge in [0.25, 0.3) is 0 Å². The molecule has 0 bridgehead atoms. The van der Waals surface area contributed by atoms with Crippen LogP contribution in [-0.2, 0) is 6.54 Å². The van der Waals surface area contributed by atoms with Crippen LogP contribution >= 0.6 is 23.2 Å². The second-order valence-corrected chi connectivity index (χ2v) is 9.85. The summed E-state index contributed by atoms with van der Waals surface area (Å²) >= 11 is 12.2. The fourth-order valence-electron chi connectivity index (χ4n) is 4.87. The first kappa shape index (κ1) is 22.6. The monoisotopic (exact) mass is 481 g/mol. The summed E-state index contributed by atoms with van der Waals surface area (Å²) in [5.74, 6) is 0.937. The number of anilines is 1. The zero-order chi connectivity index (χ0) is 22.6. The second-order valence-electron chi connectivity index (χ2n) is 9.04. The Morgan fingerprint density at radius 2 is 1.61 bits per heavy atom. The van der Waals surface area contributed by atoms with Crippen LogP contribution < -0.4 is 10.2 Å². The van der Waals surface area contributed by atoms with Crippen molar-refractivity contribution in [1.29, 1.82) is 0 Å². The van der Waals surface area contributed by atoms with Crippen LogP contribution in [-0.4, -0.2) is 53.4 Å². The molecular weight excluding hydrogens is 453 g/mol. The van der Waals surface area contributed by atoms with Gasteiger partial charge in [0.2, 0.25) is 0 Å². The molecule has 0 radical (unpaired) electrons. The maximum absolute atomic E-state index is 6.14. The molecule has 3 aromatic rings. The molecule has 2 fully saturated rings. The molecule has 2 aliphatic heterocycles. The average molecular weight is 482 g/mol. The Kier molecular flexibility index (Phi) is 7.12. The summed E-state index contributed by atoms with van der Waals surface area (Å²) in [5, 5.41) is 13.9. The fraction of sp³-hybridized carbons (Fsp3) is 0.385. The lowest BCUT2D eigenvalue weighted by Crippen LogP contribution is -2.47. The van der Waals surface area contributed by atoms with E-state index >= 15 is 0 Å². The molecule has 0 spiro atoms. The summed E-state index contributed by atoms with van der Waals surface area (Å²) in [6.45, 7) is 5.36. The van der Waals surface area contributed by atoms with Crippen molar-refractivity contribution in [3.63, 3.8) is 0 Å². The third kappa shape index (κ3) is 5.67. The third-order valence-corrected chi connectivity index (χ3v) is 7.42. The molecule has 0 saturated carbocycles. The van der Waals surface area contributed by atoms with E-state index in [1.54, 1.807) is 6.07 Å². The van der Waals surface area contributed by atoms with Crippen molar-refractivity contribution in [2.45, 2.75) is 37.9 Å². The Morgan fingerprint density at radius 1 is 0.818 bits per heavy atom. The standard InChI is InChI=1S/C26H29Cl2N5/c27-23-7-6-20(16-24(23)28)25-8-9-26(31-30-25)33-14-11-21(12-15-33)29-22-10-13-32(18-22)17-19-4-2-1-3-5-19/h1-9,16,21-22,29H,10-15,17-18H2.